The number of aryl methyl sites for hydroxylation is 2. The molecule has 0 aliphatic carbocycles. The van der Waals surface area contributed by atoms with E-state index >= 15 is 0 Å². The molecule has 1 atom stereocenters. The van der Waals surface area contributed by atoms with Gasteiger partial charge < -0.3 is 19.4 Å². The summed E-state index contributed by atoms with van der Waals surface area (Å²) in [5, 5.41) is 4.55. The number of hydroxylamine groups is 1. The number of piperazine rings is 1. The summed E-state index contributed by atoms with van der Waals surface area (Å²) in [5.74, 6) is 1.32. The number of aromatic nitrogens is 6. The van der Waals surface area contributed by atoms with Gasteiger partial charge in [-0.2, -0.15) is 5.10 Å². The van der Waals surface area contributed by atoms with Crippen molar-refractivity contribution in [1.29, 1.82) is 0 Å². The number of nitrogens with one attached hydrogen (secondary N) is 2. The first kappa shape index (κ1) is 31.6. The molecule has 14 nitrogen and oxygen atoms in total. The molecule has 1 aromatic carbocycles. The quantitative estimate of drug-likeness (QED) is 0.235. The fourth-order valence-electron chi connectivity index (χ4n) is 5.87. The van der Waals surface area contributed by atoms with Crippen molar-refractivity contribution in [2.24, 2.45) is 7.05 Å². The number of ether oxygens (including phenoxy) is 2. The molecule has 14 heteroatoms. The maximum absolute atomic E-state index is 13.1. The van der Waals surface area contributed by atoms with Crippen LogP contribution in [-0.2, 0) is 29.6 Å². The van der Waals surface area contributed by atoms with E-state index in [1.165, 1.54) is 12.4 Å². The average Bonchev–Trinajstić information content (AvgIpc) is 3.40. The average molecular weight is 632 g/mol. The number of amides is 1. The van der Waals surface area contributed by atoms with Crippen LogP contribution in [0.15, 0.2) is 35.4 Å². The summed E-state index contributed by atoms with van der Waals surface area (Å²) in [6.07, 6.45) is 7.03. The van der Waals surface area contributed by atoms with Crippen molar-refractivity contribution in [2.45, 2.75) is 58.8 Å². The Kier molecular flexibility index (Phi) is 9.85. The number of carbonyl (C=O) groups excluding carboxylic acids is 1. The molecular formula is C32H41N9O5. The summed E-state index contributed by atoms with van der Waals surface area (Å²) in [7, 11) is 1.77. The van der Waals surface area contributed by atoms with Gasteiger partial charge in [0, 0.05) is 65.2 Å². The van der Waals surface area contributed by atoms with Crippen LogP contribution in [0.25, 0.3) is 22.4 Å². The third kappa shape index (κ3) is 7.03. The Morgan fingerprint density at radius 2 is 1.93 bits per heavy atom. The zero-order valence-corrected chi connectivity index (χ0v) is 26.6. The number of carbonyl (C=O) groups is 1. The Bertz CT molecular complexity index is 1710. The van der Waals surface area contributed by atoms with Gasteiger partial charge in [-0.1, -0.05) is 19.4 Å². The minimum atomic E-state index is -0.418. The summed E-state index contributed by atoms with van der Waals surface area (Å²) in [5.41, 5.74) is 6.30. The lowest BCUT2D eigenvalue weighted by atomic mass is 10.1. The van der Waals surface area contributed by atoms with Gasteiger partial charge in [0.25, 0.3) is 11.5 Å². The molecule has 0 bridgehead atoms. The van der Waals surface area contributed by atoms with Crippen molar-refractivity contribution in [3.63, 3.8) is 0 Å². The van der Waals surface area contributed by atoms with Gasteiger partial charge in [-0.25, -0.2) is 25.3 Å². The van der Waals surface area contributed by atoms with E-state index in [1.54, 1.807) is 11.7 Å². The summed E-state index contributed by atoms with van der Waals surface area (Å²) in [6.45, 7) is 8.96. The van der Waals surface area contributed by atoms with Crippen LogP contribution in [0.2, 0.25) is 0 Å². The van der Waals surface area contributed by atoms with Gasteiger partial charge in [-0.05, 0) is 43.9 Å². The number of aromatic amines is 1. The van der Waals surface area contributed by atoms with Gasteiger partial charge in [-0.15, -0.1) is 0 Å². The Morgan fingerprint density at radius 3 is 2.65 bits per heavy atom. The van der Waals surface area contributed by atoms with E-state index in [-0.39, 0.29) is 5.56 Å². The Labute approximate surface area is 267 Å². The standard InChI is InChI=1S/C32H41N9O5/c1-4-8-24-27-28(39(3)37-24)31(43)36-29(35-27)23-17-21(10-11-25(23)44-5-2)20-40-12-14-41(15-13-40)32-33-18-22(19-34-32)30(42)38-46-26-9-6-7-16-45-26/h10-11,17-19,26H,4-9,12-16,20H2,1-3H3,(H,38,42)(H,35,36,43). The van der Waals surface area contributed by atoms with Gasteiger partial charge >= 0.3 is 0 Å². The zero-order valence-electron chi connectivity index (χ0n) is 26.6. The van der Waals surface area contributed by atoms with Crippen molar-refractivity contribution < 1.29 is 19.1 Å². The highest BCUT2D eigenvalue weighted by atomic mass is 16.8. The van der Waals surface area contributed by atoms with Crippen LogP contribution in [0, 0.1) is 0 Å². The van der Waals surface area contributed by atoms with Crippen molar-refractivity contribution in [3.05, 3.63) is 57.8 Å². The number of anilines is 1. The van der Waals surface area contributed by atoms with Crippen LogP contribution >= 0.6 is 0 Å². The number of fused-ring (bicyclic) bond motifs is 1. The topological polar surface area (TPSA) is 153 Å². The number of H-pyrrole nitrogens is 1. The molecule has 2 saturated heterocycles. The second kappa shape index (κ2) is 14.4. The summed E-state index contributed by atoms with van der Waals surface area (Å²) in [4.78, 5) is 52.2. The van der Waals surface area contributed by atoms with Gasteiger partial charge in [0.1, 0.15) is 17.1 Å². The molecule has 2 fully saturated rings. The molecule has 6 rings (SSSR count). The molecule has 0 spiro atoms. The molecule has 1 amide bonds. The monoisotopic (exact) mass is 631 g/mol. The van der Waals surface area contributed by atoms with Crippen molar-refractivity contribution in [2.75, 3.05) is 44.3 Å². The first-order valence-electron chi connectivity index (χ1n) is 16.0. The van der Waals surface area contributed by atoms with Crippen LogP contribution in [-0.4, -0.2) is 86.2 Å². The van der Waals surface area contributed by atoms with Crippen LogP contribution in [0.3, 0.4) is 0 Å². The molecule has 3 aromatic heterocycles. The van der Waals surface area contributed by atoms with E-state index in [1.807, 2.05) is 19.1 Å². The lowest BCUT2D eigenvalue weighted by Crippen LogP contribution is -2.46. The molecule has 5 heterocycles. The van der Waals surface area contributed by atoms with E-state index in [9.17, 15) is 9.59 Å². The predicted octanol–water partition coefficient (Wildman–Crippen LogP) is 2.98. The van der Waals surface area contributed by atoms with E-state index in [0.29, 0.717) is 47.3 Å². The maximum atomic E-state index is 13.1. The molecule has 2 aliphatic heterocycles. The fourth-order valence-corrected chi connectivity index (χ4v) is 5.87. The Morgan fingerprint density at radius 1 is 1.13 bits per heavy atom. The van der Waals surface area contributed by atoms with Gasteiger partial charge in [0.2, 0.25) is 5.95 Å². The molecule has 2 aliphatic rings. The maximum Gasteiger partial charge on any atom is 0.278 e. The highest BCUT2D eigenvalue weighted by molar-refractivity contribution is 5.92. The third-order valence-electron chi connectivity index (χ3n) is 8.23. The van der Waals surface area contributed by atoms with E-state index in [0.717, 1.165) is 81.6 Å². The van der Waals surface area contributed by atoms with Crippen molar-refractivity contribution in [1.82, 2.24) is 40.1 Å². The summed E-state index contributed by atoms with van der Waals surface area (Å²) in [6, 6.07) is 6.05. The summed E-state index contributed by atoms with van der Waals surface area (Å²) < 4.78 is 13.0. The number of hydrogen-bond acceptors (Lipinski definition) is 11. The summed E-state index contributed by atoms with van der Waals surface area (Å²) >= 11 is 0. The third-order valence-corrected chi connectivity index (χ3v) is 8.23. The molecule has 1 unspecified atom stereocenters. The van der Waals surface area contributed by atoms with Crippen LogP contribution in [0.1, 0.15) is 61.1 Å². The normalized spacial score (nSPS) is 17.4. The molecule has 46 heavy (non-hydrogen) atoms. The van der Waals surface area contributed by atoms with Crippen molar-refractivity contribution in [3.8, 4) is 17.1 Å². The highest BCUT2D eigenvalue weighted by Gasteiger charge is 2.22. The van der Waals surface area contributed by atoms with Crippen LogP contribution < -0.4 is 20.7 Å². The Balaban J connectivity index is 1.10. The van der Waals surface area contributed by atoms with E-state index < -0.39 is 12.2 Å². The number of rotatable bonds is 11. The predicted molar refractivity (Wildman–Crippen MR) is 171 cm³/mol. The lowest BCUT2D eigenvalue weighted by Gasteiger charge is -2.34. The van der Waals surface area contributed by atoms with Gasteiger partial charge in [0.15, 0.2) is 11.8 Å². The van der Waals surface area contributed by atoms with Crippen LogP contribution in [0.4, 0.5) is 5.95 Å². The highest BCUT2D eigenvalue weighted by Crippen LogP contribution is 2.30. The van der Waals surface area contributed by atoms with Crippen LogP contribution in [0.5, 0.6) is 5.75 Å². The van der Waals surface area contributed by atoms with Gasteiger partial charge in [0.05, 0.1) is 23.4 Å². The molecule has 244 valence electrons. The van der Waals surface area contributed by atoms with E-state index in [4.69, 9.17) is 19.3 Å². The Hall–Kier alpha value is -4.40. The number of nitrogens with zero attached hydrogens (tertiary/aromatic N) is 7. The molecule has 4 aromatic rings. The fraction of sp³-hybridized carbons (Fsp3) is 0.500. The first-order valence-corrected chi connectivity index (χ1v) is 16.0. The zero-order chi connectivity index (χ0) is 32.0. The van der Waals surface area contributed by atoms with Gasteiger partial charge in [-0.3, -0.25) is 19.2 Å². The molecule has 2 N–H and O–H groups in total. The number of benzene rings is 1. The largest absolute Gasteiger partial charge is 0.493 e. The smallest absolute Gasteiger partial charge is 0.278 e. The molecular weight excluding hydrogens is 590 g/mol. The number of hydrogen-bond donors (Lipinski definition) is 2. The first-order chi connectivity index (χ1) is 22.4. The lowest BCUT2D eigenvalue weighted by molar-refractivity contribution is -0.186. The minimum absolute atomic E-state index is 0.223. The molecule has 0 radical (unpaired) electrons. The minimum Gasteiger partial charge on any atom is -0.493 e. The second-order valence-corrected chi connectivity index (χ2v) is 11.6. The van der Waals surface area contributed by atoms with Crippen molar-refractivity contribution >= 4 is 22.9 Å². The van der Waals surface area contributed by atoms with E-state index in [2.05, 4.69) is 48.3 Å². The SMILES string of the molecule is CCCc1nn(C)c2c(=O)[nH]c(-c3cc(CN4CCN(c5ncc(C(=O)NOC6CCCCO6)cn5)CC4)ccc3OCC)nc12. The second-order valence-electron chi connectivity index (χ2n) is 11.6. The molecule has 0 saturated carbocycles.